The standard InChI is InChI=1S/C14H14N6O2/c21-20(22)14-16-7-9-19(14)8-3-6-15-13-11-4-1-2-5-12(11)17-10-18-13/h1-2,4-5,7,9-10H,3,6,8H2,(H,15,17,18). The van der Waals surface area contributed by atoms with E-state index in [2.05, 4.69) is 20.3 Å². The van der Waals surface area contributed by atoms with Gasteiger partial charge in [0.1, 0.15) is 24.5 Å². The zero-order valence-electron chi connectivity index (χ0n) is 11.7. The van der Waals surface area contributed by atoms with Crippen molar-refractivity contribution in [3.63, 3.8) is 0 Å². The van der Waals surface area contributed by atoms with Gasteiger partial charge >= 0.3 is 5.95 Å². The summed E-state index contributed by atoms with van der Waals surface area (Å²) in [6, 6.07) is 7.75. The molecule has 0 aliphatic carbocycles. The van der Waals surface area contributed by atoms with E-state index in [1.54, 1.807) is 6.20 Å². The maximum atomic E-state index is 10.8. The number of nitrogens with zero attached hydrogens (tertiary/aromatic N) is 5. The molecule has 8 nitrogen and oxygen atoms in total. The number of nitro groups is 1. The van der Waals surface area contributed by atoms with Gasteiger partial charge in [-0.1, -0.05) is 17.1 Å². The minimum absolute atomic E-state index is 0.132. The summed E-state index contributed by atoms with van der Waals surface area (Å²) in [6.07, 6.45) is 5.28. The van der Waals surface area contributed by atoms with Gasteiger partial charge in [-0.3, -0.25) is 0 Å². The van der Waals surface area contributed by atoms with E-state index in [9.17, 15) is 10.1 Å². The lowest BCUT2D eigenvalue weighted by molar-refractivity contribution is -0.396. The molecule has 0 radical (unpaired) electrons. The lowest BCUT2D eigenvalue weighted by atomic mass is 10.2. The summed E-state index contributed by atoms with van der Waals surface area (Å²) >= 11 is 0. The number of hydrogen-bond acceptors (Lipinski definition) is 6. The first kappa shape index (κ1) is 13.9. The largest absolute Gasteiger partial charge is 0.434 e. The molecule has 8 heteroatoms. The number of benzene rings is 1. The van der Waals surface area contributed by atoms with Crippen molar-refractivity contribution in [1.82, 2.24) is 19.5 Å². The Kier molecular flexibility index (Phi) is 3.90. The lowest BCUT2D eigenvalue weighted by Gasteiger charge is -2.07. The molecule has 3 aromatic rings. The van der Waals surface area contributed by atoms with Gasteiger partial charge in [0.15, 0.2) is 0 Å². The van der Waals surface area contributed by atoms with Gasteiger partial charge in [0, 0.05) is 11.9 Å². The molecule has 22 heavy (non-hydrogen) atoms. The van der Waals surface area contributed by atoms with Crippen LogP contribution in [0.5, 0.6) is 0 Å². The Labute approximate surface area is 126 Å². The summed E-state index contributed by atoms with van der Waals surface area (Å²) in [5.74, 6) is 0.637. The van der Waals surface area contributed by atoms with Crippen LogP contribution < -0.4 is 5.32 Å². The number of aromatic nitrogens is 4. The van der Waals surface area contributed by atoms with Gasteiger partial charge in [-0.15, -0.1) is 0 Å². The van der Waals surface area contributed by atoms with Gasteiger partial charge in [0.25, 0.3) is 0 Å². The first-order valence-corrected chi connectivity index (χ1v) is 6.85. The number of imidazole rings is 1. The second-order valence-electron chi connectivity index (χ2n) is 4.70. The molecule has 0 unspecified atom stereocenters. The molecular formula is C14H14N6O2. The average molecular weight is 298 g/mol. The molecule has 0 fully saturated rings. The van der Waals surface area contributed by atoms with Crippen LogP contribution in [0.2, 0.25) is 0 Å². The van der Waals surface area contributed by atoms with E-state index in [4.69, 9.17) is 0 Å². The molecule has 0 amide bonds. The van der Waals surface area contributed by atoms with Crippen LogP contribution in [0.25, 0.3) is 10.9 Å². The van der Waals surface area contributed by atoms with Crippen molar-refractivity contribution in [2.45, 2.75) is 13.0 Å². The normalized spacial score (nSPS) is 10.7. The van der Waals surface area contributed by atoms with E-state index >= 15 is 0 Å². The molecule has 0 aliphatic heterocycles. The van der Waals surface area contributed by atoms with Gasteiger partial charge in [-0.25, -0.2) is 14.5 Å². The second kappa shape index (κ2) is 6.17. The first-order valence-electron chi connectivity index (χ1n) is 6.85. The molecule has 0 saturated heterocycles. The van der Waals surface area contributed by atoms with Crippen molar-refractivity contribution in [2.24, 2.45) is 0 Å². The molecular weight excluding hydrogens is 284 g/mol. The maximum absolute atomic E-state index is 10.8. The molecule has 0 spiro atoms. The van der Waals surface area contributed by atoms with E-state index in [1.807, 2.05) is 24.3 Å². The molecule has 2 heterocycles. The zero-order valence-corrected chi connectivity index (χ0v) is 11.7. The first-order chi connectivity index (χ1) is 10.8. The highest BCUT2D eigenvalue weighted by molar-refractivity contribution is 5.88. The molecule has 0 aliphatic rings. The third kappa shape index (κ3) is 2.85. The van der Waals surface area contributed by atoms with Crippen molar-refractivity contribution >= 4 is 22.7 Å². The smallest absolute Gasteiger partial charge is 0.390 e. The summed E-state index contributed by atoms with van der Waals surface area (Å²) in [5.41, 5.74) is 0.880. The minimum Gasteiger partial charge on any atom is -0.390 e. The second-order valence-corrected chi connectivity index (χ2v) is 4.70. The fourth-order valence-corrected chi connectivity index (χ4v) is 2.25. The van der Waals surface area contributed by atoms with Gasteiger partial charge in [-0.2, -0.15) is 0 Å². The maximum Gasteiger partial charge on any atom is 0.434 e. The predicted molar refractivity (Wildman–Crippen MR) is 81.5 cm³/mol. The Morgan fingerprint density at radius 1 is 1.23 bits per heavy atom. The van der Waals surface area contributed by atoms with E-state index in [-0.39, 0.29) is 5.95 Å². The fraction of sp³-hybridized carbons (Fsp3) is 0.214. The number of para-hydroxylation sites is 1. The Bertz CT molecular complexity index is 795. The van der Waals surface area contributed by atoms with Gasteiger partial charge in [0.2, 0.25) is 0 Å². The number of anilines is 1. The Hall–Kier alpha value is -3.03. The highest BCUT2D eigenvalue weighted by atomic mass is 16.6. The Morgan fingerprint density at radius 3 is 2.95 bits per heavy atom. The molecule has 3 rings (SSSR count). The fourth-order valence-electron chi connectivity index (χ4n) is 2.25. The van der Waals surface area contributed by atoms with Crippen LogP contribution in [0, 0.1) is 10.1 Å². The minimum atomic E-state index is -0.481. The van der Waals surface area contributed by atoms with Crippen molar-refractivity contribution in [2.75, 3.05) is 11.9 Å². The number of hydrogen-bond donors (Lipinski definition) is 1. The third-order valence-electron chi connectivity index (χ3n) is 3.27. The molecule has 2 aromatic heterocycles. The predicted octanol–water partition coefficient (Wildman–Crippen LogP) is 2.24. The summed E-state index contributed by atoms with van der Waals surface area (Å²) in [7, 11) is 0. The topological polar surface area (TPSA) is 98.8 Å². The molecule has 0 atom stereocenters. The van der Waals surface area contributed by atoms with Crippen LogP contribution in [-0.4, -0.2) is 31.0 Å². The number of fused-ring (bicyclic) bond motifs is 1. The van der Waals surface area contributed by atoms with Gasteiger partial charge in [-0.05, 0) is 23.5 Å². The summed E-state index contributed by atoms with van der Waals surface area (Å²) < 4.78 is 1.53. The van der Waals surface area contributed by atoms with E-state index < -0.39 is 4.92 Å². The van der Waals surface area contributed by atoms with Crippen LogP contribution in [0.4, 0.5) is 11.8 Å². The Balaban J connectivity index is 1.61. The number of aryl methyl sites for hydroxylation is 1. The van der Waals surface area contributed by atoms with Crippen molar-refractivity contribution in [3.8, 4) is 0 Å². The quantitative estimate of drug-likeness (QED) is 0.425. The Morgan fingerprint density at radius 2 is 2.09 bits per heavy atom. The molecule has 1 N–H and O–H groups in total. The molecule has 0 saturated carbocycles. The van der Waals surface area contributed by atoms with Crippen LogP contribution in [0.3, 0.4) is 0 Å². The summed E-state index contributed by atoms with van der Waals surface area (Å²) in [6.45, 7) is 1.17. The van der Waals surface area contributed by atoms with Crippen LogP contribution >= 0.6 is 0 Å². The van der Waals surface area contributed by atoms with Gasteiger partial charge in [0.05, 0.1) is 12.1 Å². The highest BCUT2D eigenvalue weighted by Crippen LogP contribution is 2.18. The van der Waals surface area contributed by atoms with Crippen molar-refractivity contribution in [1.29, 1.82) is 0 Å². The van der Waals surface area contributed by atoms with Crippen molar-refractivity contribution < 1.29 is 4.92 Å². The summed E-state index contributed by atoms with van der Waals surface area (Å²) in [5, 5.41) is 15.0. The molecule has 1 aromatic carbocycles. The van der Waals surface area contributed by atoms with E-state index in [1.165, 1.54) is 17.1 Å². The average Bonchev–Trinajstić information content (AvgIpc) is 3.00. The van der Waals surface area contributed by atoms with E-state index in [0.29, 0.717) is 13.1 Å². The molecule has 0 bridgehead atoms. The molecule has 112 valence electrons. The number of rotatable bonds is 6. The lowest BCUT2D eigenvalue weighted by Crippen LogP contribution is -2.09. The highest BCUT2D eigenvalue weighted by Gasteiger charge is 2.13. The zero-order chi connectivity index (χ0) is 15.4. The van der Waals surface area contributed by atoms with Crippen molar-refractivity contribution in [3.05, 3.63) is 53.1 Å². The SMILES string of the molecule is O=[N+]([O-])c1nccn1CCCNc1ncnc2ccccc12. The van der Waals surface area contributed by atoms with Crippen LogP contribution in [0.15, 0.2) is 43.0 Å². The monoisotopic (exact) mass is 298 g/mol. The van der Waals surface area contributed by atoms with Crippen LogP contribution in [-0.2, 0) is 6.54 Å². The van der Waals surface area contributed by atoms with Crippen LogP contribution in [0.1, 0.15) is 6.42 Å². The summed E-state index contributed by atoms with van der Waals surface area (Å²) in [4.78, 5) is 22.4. The van der Waals surface area contributed by atoms with Gasteiger partial charge < -0.3 is 15.4 Å². The number of nitrogens with one attached hydrogen (secondary N) is 1. The third-order valence-corrected chi connectivity index (χ3v) is 3.27. The van der Waals surface area contributed by atoms with E-state index in [0.717, 1.165) is 23.1 Å².